The van der Waals surface area contributed by atoms with Crippen LogP contribution in [0.25, 0.3) is 22.6 Å². The molecule has 0 atom stereocenters. The molecule has 4 rings (SSSR count). The molecule has 3 aromatic rings. The number of amides is 1. The molecule has 0 saturated carbocycles. The van der Waals surface area contributed by atoms with Gasteiger partial charge in [-0.25, -0.2) is 9.78 Å². The van der Waals surface area contributed by atoms with Crippen LogP contribution in [0.2, 0.25) is 0 Å². The maximum Gasteiger partial charge on any atom is 0.339 e. The molecule has 0 unspecified atom stereocenters. The number of ether oxygens (including phenoxy) is 1. The van der Waals surface area contributed by atoms with Gasteiger partial charge in [0.15, 0.2) is 6.61 Å². The molecule has 1 heterocycles. The molecule has 0 fully saturated rings. The van der Waals surface area contributed by atoms with Crippen molar-refractivity contribution >= 4 is 34.4 Å². The van der Waals surface area contributed by atoms with Gasteiger partial charge in [0.2, 0.25) is 0 Å². The highest BCUT2D eigenvalue weighted by Gasteiger charge is 2.28. The zero-order chi connectivity index (χ0) is 25.9. The molecule has 5 heteroatoms. The number of nitrogens with one attached hydrogen (secondary N) is 1. The lowest BCUT2D eigenvalue weighted by molar-refractivity contribution is -0.125. The highest BCUT2D eigenvalue weighted by atomic mass is 16.5. The number of fused-ring (bicyclic) bond motifs is 2. The predicted octanol–water partition coefficient (Wildman–Crippen LogP) is 6.48. The number of esters is 1. The molecular weight excluding hydrogens is 448 g/mol. The fraction of sp³-hybridized carbons (Fsp3) is 0.387. The van der Waals surface area contributed by atoms with Gasteiger partial charge in [0.05, 0.1) is 16.8 Å². The Hall–Kier alpha value is -3.47. The van der Waals surface area contributed by atoms with Crippen molar-refractivity contribution in [1.82, 2.24) is 10.3 Å². The first-order valence-corrected chi connectivity index (χ1v) is 12.9. The van der Waals surface area contributed by atoms with Gasteiger partial charge in [0.1, 0.15) is 0 Å². The summed E-state index contributed by atoms with van der Waals surface area (Å²) in [4.78, 5) is 30.6. The Bertz CT molecular complexity index is 1300. The van der Waals surface area contributed by atoms with Gasteiger partial charge in [-0.2, -0.15) is 0 Å². The highest BCUT2D eigenvalue weighted by Crippen LogP contribution is 2.38. The van der Waals surface area contributed by atoms with Gasteiger partial charge in [0, 0.05) is 11.4 Å². The van der Waals surface area contributed by atoms with Crippen LogP contribution in [0.15, 0.2) is 48.5 Å². The van der Waals surface area contributed by atoms with Crippen molar-refractivity contribution in [2.75, 3.05) is 6.61 Å². The molecule has 0 bridgehead atoms. The number of para-hydroxylation sites is 1. The lowest BCUT2D eigenvalue weighted by atomic mass is 9.86. The summed E-state index contributed by atoms with van der Waals surface area (Å²) in [5, 5.41) is 3.68. The maximum atomic E-state index is 13.3. The summed E-state index contributed by atoms with van der Waals surface area (Å²) < 4.78 is 5.51. The molecule has 1 N–H and O–H groups in total. The molecule has 188 valence electrons. The largest absolute Gasteiger partial charge is 0.452 e. The number of benzene rings is 2. The lowest BCUT2D eigenvalue weighted by Gasteiger charge is -2.18. The zero-order valence-corrected chi connectivity index (χ0v) is 22.0. The predicted molar refractivity (Wildman–Crippen MR) is 146 cm³/mol. The number of hydrogen-bond donors (Lipinski definition) is 1. The van der Waals surface area contributed by atoms with Gasteiger partial charge in [0.25, 0.3) is 5.91 Å². The van der Waals surface area contributed by atoms with Crippen molar-refractivity contribution in [3.8, 4) is 0 Å². The monoisotopic (exact) mass is 484 g/mol. The summed E-state index contributed by atoms with van der Waals surface area (Å²) in [5.74, 6) is -0.744. The summed E-state index contributed by atoms with van der Waals surface area (Å²) in [6, 6.07) is 16.3. The highest BCUT2D eigenvalue weighted by molar-refractivity contribution is 6.07. The Morgan fingerprint density at radius 1 is 1.03 bits per heavy atom. The van der Waals surface area contributed by atoms with E-state index < -0.39 is 5.97 Å². The Morgan fingerprint density at radius 2 is 1.72 bits per heavy atom. The van der Waals surface area contributed by atoms with Crippen LogP contribution in [0.1, 0.15) is 86.6 Å². The molecule has 5 nitrogen and oxygen atoms in total. The van der Waals surface area contributed by atoms with Crippen molar-refractivity contribution in [2.45, 2.75) is 71.8 Å². The number of allylic oxidation sites excluding steroid dienone is 1. The van der Waals surface area contributed by atoms with Crippen LogP contribution in [0.4, 0.5) is 0 Å². The molecule has 1 amide bonds. The number of carbonyl (C=O) groups excluding carboxylic acids is 2. The van der Waals surface area contributed by atoms with Crippen LogP contribution in [-0.4, -0.2) is 29.5 Å². The number of carbonyl (C=O) groups is 2. The van der Waals surface area contributed by atoms with Crippen LogP contribution < -0.4 is 5.32 Å². The van der Waals surface area contributed by atoms with Gasteiger partial charge in [-0.1, -0.05) is 77.1 Å². The van der Waals surface area contributed by atoms with Crippen molar-refractivity contribution in [1.29, 1.82) is 0 Å². The fourth-order valence-electron chi connectivity index (χ4n) is 4.76. The zero-order valence-electron chi connectivity index (χ0n) is 22.0. The van der Waals surface area contributed by atoms with E-state index >= 15 is 0 Å². The van der Waals surface area contributed by atoms with E-state index in [4.69, 9.17) is 9.72 Å². The van der Waals surface area contributed by atoms with E-state index in [-0.39, 0.29) is 24.0 Å². The smallest absolute Gasteiger partial charge is 0.339 e. The number of nitrogens with zero attached hydrogens (tertiary/aromatic N) is 1. The minimum atomic E-state index is -0.472. The third-order valence-corrected chi connectivity index (χ3v) is 6.95. The number of aromatic nitrogens is 1. The molecule has 0 aliphatic heterocycles. The molecule has 0 radical (unpaired) electrons. The lowest BCUT2D eigenvalue weighted by Crippen LogP contribution is -2.37. The Balaban J connectivity index is 1.64. The van der Waals surface area contributed by atoms with Crippen LogP contribution in [0, 0.1) is 0 Å². The Morgan fingerprint density at radius 3 is 2.39 bits per heavy atom. The third-order valence-electron chi connectivity index (χ3n) is 6.95. The second-order valence-corrected chi connectivity index (χ2v) is 10.5. The summed E-state index contributed by atoms with van der Waals surface area (Å²) in [6.45, 7) is 10.4. The van der Waals surface area contributed by atoms with Crippen molar-refractivity contribution < 1.29 is 14.3 Å². The topological polar surface area (TPSA) is 68.3 Å². The first-order chi connectivity index (χ1) is 17.2. The van der Waals surface area contributed by atoms with Crippen molar-refractivity contribution in [3.63, 3.8) is 0 Å². The molecule has 36 heavy (non-hydrogen) atoms. The van der Waals surface area contributed by atoms with Crippen LogP contribution in [0.5, 0.6) is 0 Å². The normalized spacial score (nSPS) is 14.3. The SMILES string of the molecule is CCC(CC)NC(=O)COC(=O)c1c2c(nc3ccccc13)C(=Cc1ccc(C(C)(C)C)cc1)CC2. The minimum absolute atomic E-state index is 0.0902. The molecular formula is C31H36N2O3. The van der Waals surface area contributed by atoms with Gasteiger partial charge >= 0.3 is 5.97 Å². The fourth-order valence-corrected chi connectivity index (χ4v) is 4.76. The van der Waals surface area contributed by atoms with Gasteiger partial charge in [-0.05, 0) is 65.5 Å². The van der Waals surface area contributed by atoms with E-state index in [1.807, 2.05) is 38.1 Å². The first-order valence-electron chi connectivity index (χ1n) is 12.9. The summed E-state index contributed by atoms with van der Waals surface area (Å²) in [5.41, 5.74) is 6.64. The molecule has 0 saturated heterocycles. The molecule has 2 aromatic carbocycles. The second kappa shape index (κ2) is 10.7. The van der Waals surface area contributed by atoms with Crippen LogP contribution in [-0.2, 0) is 21.4 Å². The summed E-state index contributed by atoms with van der Waals surface area (Å²) in [6.07, 6.45) is 5.36. The average molecular weight is 485 g/mol. The Kier molecular flexibility index (Phi) is 7.58. The van der Waals surface area contributed by atoms with Gasteiger partial charge in [-0.15, -0.1) is 0 Å². The first kappa shape index (κ1) is 25.6. The van der Waals surface area contributed by atoms with Crippen LogP contribution >= 0.6 is 0 Å². The van der Waals surface area contributed by atoms with Crippen molar-refractivity contribution in [2.24, 2.45) is 0 Å². The van der Waals surface area contributed by atoms with Gasteiger partial charge < -0.3 is 10.1 Å². The van der Waals surface area contributed by atoms with E-state index in [1.165, 1.54) is 5.56 Å². The standard InChI is InChI=1S/C31H36N2O3/c1-6-23(7-2)32-27(34)19-36-30(35)28-24-10-8-9-11-26(24)33-29-21(14-17-25(28)29)18-20-12-15-22(16-13-20)31(3,4)5/h8-13,15-16,18,23H,6-7,14,17,19H2,1-5H3,(H,32,34). The molecule has 1 aromatic heterocycles. The van der Waals surface area contributed by atoms with E-state index in [0.29, 0.717) is 12.0 Å². The molecule has 1 aliphatic rings. The average Bonchev–Trinajstić information content (AvgIpc) is 3.25. The quantitative estimate of drug-likeness (QED) is 0.390. The number of hydrogen-bond acceptors (Lipinski definition) is 4. The van der Waals surface area contributed by atoms with Crippen molar-refractivity contribution in [3.05, 3.63) is 76.5 Å². The molecule has 1 aliphatic carbocycles. The van der Waals surface area contributed by atoms with E-state index in [9.17, 15) is 9.59 Å². The number of pyridine rings is 1. The van der Waals surface area contributed by atoms with E-state index in [2.05, 4.69) is 56.4 Å². The van der Waals surface area contributed by atoms with Crippen LogP contribution in [0.3, 0.4) is 0 Å². The second-order valence-electron chi connectivity index (χ2n) is 10.5. The Labute approximate surface area is 214 Å². The van der Waals surface area contributed by atoms with E-state index in [0.717, 1.165) is 52.6 Å². The maximum absolute atomic E-state index is 13.3. The summed E-state index contributed by atoms with van der Waals surface area (Å²) in [7, 11) is 0. The van der Waals surface area contributed by atoms with E-state index in [1.54, 1.807) is 0 Å². The third kappa shape index (κ3) is 5.51. The summed E-state index contributed by atoms with van der Waals surface area (Å²) >= 11 is 0. The van der Waals surface area contributed by atoms with Gasteiger partial charge in [-0.3, -0.25) is 4.79 Å². The minimum Gasteiger partial charge on any atom is -0.452 e. The molecule has 0 spiro atoms. The number of rotatable bonds is 7.